The molecule has 7 nitrogen and oxygen atoms in total. The molecule has 1 unspecified atom stereocenters. The van der Waals surface area contributed by atoms with Crippen molar-refractivity contribution >= 4 is 44.9 Å². The van der Waals surface area contributed by atoms with Gasteiger partial charge < -0.3 is 10.6 Å². The second-order valence-corrected chi connectivity index (χ2v) is 8.95. The maximum Gasteiger partial charge on any atom is 0.251 e. The van der Waals surface area contributed by atoms with Crippen molar-refractivity contribution in [1.82, 2.24) is 10.6 Å². The first-order valence-electron chi connectivity index (χ1n) is 8.38. The molecule has 0 heterocycles. The zero-order chi connectivity index (χ0) is 21.4. The minimum Gasteiger partial charge on any atom is -0.350 e. The second kappa shape index (κ2) is 10.3. The fourth-order valence-electron chi connectivity index (χ4n) is 2.47. The molecule has 0 aliphatic rings. The average Bonchev–Trinajstić information content (AvgIpc) is 2.69. The molecule has 0 spiro atoms. The van der Waals surface area contributed by atoms with Gasteiger partial charge in [0.05, 0.1) is 11.8 Å². The van der Waals surface area contributed by atoms with Gasteiger partial charge in [-0.25, -0.2) is 8.42 Å². The third-order valence-electron chi connectivity index (χ3n) is 3.96. The van der Waals surface area contributed by atoms with E-state index in [4.69, 9.17) is 28.5 Å². The lowest BCUT2D eigenvalue weighted by Crippen LogP contribution is -2.47. The average molecular weight is 454 g/mol. The van der Waals surface area contributed by atoms with Crippen molar-refractivity contribution < 1.29 is 18.0 Å². The van der Waals surface area contributed by atoms with Crippen LogP contribution in [0.25, 0.3) is 0 Å². The monoisotopic (exact) mass is 453 g/mol. The van der Waals surface area contributed by atoms with E-state index in [1.54, 1.807) is 42.5 Å². The summed E-state index contributed by atoms with van der Waals surface area (Å²) in [6.07, 6.45) is 0. The topological polar surface area (TPSA) is 116 Å². The maximum absolute atomic E-state index is 12.9. The summed E-state index contributed by atoms with van der Waals surface area (Å²) in [6.45, 7) is -0.847. The van der Waals surface area contributed by atoms with Crippen molar-refractivity contribution in [2.75, 3.05) is 13.1 Å². The van der Waals surface area contributed by atoms with Gasteiger partial charge in [0.1, 0.15) is 6.54 Å². The summed E-state index contributed by atoms with van der Waals surface area (Å²) in [6, 6.07) is 14.4. The normalized spacial score (nSPS) is 11.9. The Balaban J connectivity index is 2.25. The van der Waals surface area contributed by atoms with Crippen LogP contribution in [0.15, 0.2) is 48.5 Å². The van der Waals surface area contributed by atoms with Gasteiger partial charge in [0.2, 0.25) is 5.91 Å². The van der Waals surface area contributed by atoms with Gasteiger partial charge in [0, 0.05) is 27.7 Å². The van der Waals surface area contributed by atoms with Crippen LogP contribution in [-0.2, 0) is 20.4 Å². The van der Waals surface area contributed by atoms with Crippen LogP contribution in [0.4, 0.5) is 0 Å². The van der Waals surface area contributed by atoms with Gasteiger partial charge in [0.25, 0.3) is 5.91 Å². The fourth-order valence-corrected chi connectivity index (χ4v) is 4.82. The Hall–Kier alpha value is -2.60. The molecule has 10 heteroatoms. The minimum absolute atomic E-state index is 0.144. The van der Waals surface area contributed by atoms with Gasteiger partial charge in [-0.1, -0.05) is 47.5 Å². The molecule has 1 atom stereocenters. The fraction of sp³-hybridized carbons (Fsp3) is 0.211. The van der Waals surface area contributed by atoms with Gasteiger partial charge in [-0.2, -0.15) is 5.26 Å². The lowest BCUT2D eigenvalue weighted by atomic mass is 10.2. The van der Waals surface area contributed by atoms with E-state index in [9.17, 15) is 18.0 Å². The van der Waals surface area contributed by atoms with Crippen molar-refractivity contribution in [3.05, 3.63) is 69.7 Å². The third-order valence-corrected chi connectivity index (χ3v) is 6.61. The van der Waals surface area contributed by atoms with E-state index in [0.717, 1.165) is 0 Å². The van der Waals surface area contributed by atoms with E-state index in [1.165, 1.54) is 12.1 Å². The number of halogens is 2. The van der Waals surface area contributed by atoms with E-state index < -0.39 is 39.2 Å². The van der Waals surface area contributed by atoms with E-state index in [-0.39, 0.29) is 22.2 Å². The lowest BCUT2D eigenvalue weighted by Gasteiger charge is -2.18. The highest BCUT2D eigenvalue weighted by Gasteiger charge is 2.34. The summed E-state index contributed by atoms with van der Waals surface area (Å²) in [7, 11) is -4.13. The highest BCUT2D eigenvalue weighted by Crippen LogP contribution is 2.27. The number of carbonyl (C=O) groups is 2. The van der Waals surface area contributed by atoms with Crippen molar-refractivity contribution in [1.29, 1.82) is 5.26 Å². The van der Waals surface area contributed by atoms with E-state index in [1.807, 2.05) is 0 Å². The number of amides is 2. The summed E-state index contributed by atoms with van der Waals surface area (Å²) < 4.78 is 25.9. The Bertz CT molecular complexity index is 1020. The molecular weight excluding hydrogens is 437 g/mol. The number of nitrogens with one attached hydrogen (secondary N) is 2. The van der Waals surface area contributed by atoms with Crippen LogP contribution in [0.3, 0.4) is 0 Å². The molecule has 2 N–H and O–H groups in total. The van der Waals surface area contributed by atoms with Crippen molar-refractivity contribution in [2.45, 2.75) is 11.0 Å². The van der Waals surface area contributed by atoms with Crippen molar-refractivity contribution in [3.63, 3.8) is 0 Å². The summed E-state index contributed by atoms with van der Waals surface area (Å²) >= 11 is 12.1. The molecule has 0 aliphatic carbocycles. The molecule has 0 aliphatic heterocycles. The first-order chi connectivity index (χ1) is 13.8. The molecular formula is C19H17Cl2N3O4S. The van der Waals surface area contributed by atoms with Crippen LogP contribution < -0.4 is 10.6 Å². The molecule has 2 amide bonds. The molecule has 0 radical (unpaired) electrons. The number of nitriles is 1. The van der Waals surface area contributed by atoms with Crippen molar-refractivity contribution in [3.8, 4) is 6.07 Å². The second-order valence-electron chi connectivity index (χ2n) is 5.95. The first-order valence-corrected chi connectivity index (χ1v) is 10.9. The van der Waals surface area contributed by atoms with Gasteiger partial charge in [-0.15, -0.1) is 0 Å². The third kappa shape index (κ3) is 6.19. The van der Waals surface area contributed by atoms with Crippen molar-refractivity contribution in [2.24, 2.45) is 0 Å². The van der Waals surface area contributed by atoms with Crippen LogP contribution in [0.1, 0.15) is 15.9 Å². The Morgan fingerprint density at radius 2 is 1.62 bits per heavy atom. The van der Waals surface area contributed by atoms with Crippen LogP contribution in [-0.4, -0.2) is 38.6 Å². The van der Waals surface area contributed by atoms with Crippen LogP contribution in [0.5, 0.6) is 0 Å². The number of carbonyl (C=O) groups excluding carboxylic acids is 2. The highest BCUT2D eigenvalue weighted by molar-refractivity contribution is 7.92. The molecule has 0 bridgehead atoms. The molecule has 2 rings (SSSR count). The summed E-state index contributed by atoms with van der Waals surface area (Å²) in [5.74, 6) is -2.03. The Labute approximate surface area is 178 Å². The Morgan fingerprint density at radius 3 is 2.21 bits per heavy atom. The molecule has 0 saturated heterocycles. The molecule has 2 aromatic carbocycles. The smallest absolute Gasteiger partial charge is 0.251 e. The van der Waals surface area contributed by atoms with Gasteiger partial charge in [0.15, 0.2) is 15.1 Å². The maximum atomic E-state index is 12.9. The number of sulfone groups is 1. The molecule has 0 saturated carbocycles. The number of nitrogens with zero attached hydrogens (tertiary/aromatic N) is 1. The zero-order valence-corrected chi connectivity index (χ0v) is 17.4. The molecule has 152 valence electrons. The molecule has 0 fully saturated rings. The Morgan fingerprint density at radius 1 is 1.00 bits per heavy atom. The zero-order valence-electron chi connectivity index (χ0n) is 15.1. The predicted molar refractivity (Wildman–Crippen MR) is 110 cm³/mol. The van der Waals surface area contributed by atoms with Gasteiger partial charge in [-0.3, -0.25) is 9.59 Å². The summed E-state index contributed by atoms with van der Waals surface area (Å²) in [4.78, 5) is 24.6. The van der Waals surface area contributed by atoms with Crippen LogP contribution in [0.2, 0.25) is 10.0 Å². The summed E-state index contributed by atoms with van der Waals surface area (Å²) in [5, 5.41) is 12.0. The van der Waals surface area contributed by atoms with E-state index in [0.29, 0.717) is 5.56 Å². The minimum atomic E-state index is -4.13. The number of hydrogen-bond acceptors (Lipinski definition) is 5. The molecule has 0 aromatic heterocycles. The largest absolute Gasteiger partial charge is 0.350 e. The SMILES string of the molecule is N#CCNC(=O)C(CNC(=O)c1ccccc1)S(=O)(=O)Cc1c(Cl)cccc1Cl. The first kappa shape index (κ1) is 22.7. The molecule has 2 aromatic rings. The quantitative estimate of drug-likeness (QED) is 0.594. The highest BCUT2D eigenvalue weighted by atomic mass is 35.5. The van der Waals surface area contributed by atoms with Gasteiger partial charge >= 0.3 is 0 Å². The Kier molecular flexibility index (Phi) is 8.02. The predicted octanol–water partition coefficient (Wildman–Crippen LogP) is 2.35. The van der Waals surface area contributed by atoms with E-state index >= 15 is 0 Å². The lowest BCUT2D eigenvalue weighted by molar-refractivity contribution is -0.120. The van der Waals surface area contributed by atoms with E-state index in [2.05, 4.69) is 10.6 Å². The van der Waals surface area contributed by atoms with Crippen LogP contribution in [0, 0.1) is 11.3 Å². The molecule has 29 heavy (non-hydrogen) atoms. The summed E-state index contributed by atoms with van der Waals surface area (Å²) in [5.41, 5.74) is 0.471. The number of hydrogen-bond donors (Lipinski definition) is 2. The number of rotatable bonds is 8. The van der Waals surface area contributed by atoms with Gasteiger partial charge in [-0.05, 0) is 24.3 Å². The van der Waals surface area contributed by atoms with Crippen LogP contribution >= 0.6 is 23.2 Å². The standard InChI is InChI=1S/C19H17Cl2N3O4S/c20-15-7-4-8-16(21)14(15)12-29(27,28)17(19(26)23-10-9-22)11-24-18(25)13-5-2-1-3-6-13/h1-8,17H,10-12H2,(H,23,26)(H,24,25). The number of benzene rings is 2.